The van der Waals surface area contributed by atoms with Gasteiger partial charge in [0.15, 0.2) is 0 Å². The van der Waals surface area contributed by atoms with E-state index in [0.29, 0.717) is 23.0 Å². The minimum atomic E-state index is -1.04. The molecule has 0 fully saturated rings. The predicted molar refractivity (Wildman–Crippen MR) is 109 cm³/mol. The molecule has 0 bridgehead atoms. The molecule has 0 aliphatic carbocycles. The molecule has 1 heterocycles. The van der Waals surface area contributed by atoms with Crippen molar-refractivity contribution in [1.29, 1.82) is 0 Å². The zero-order chi connectivity index (χ0) is 22.0. The molecule has 2 N–H and O–H groups in total. The number of aliphatic hydroxyl groups is 1. The maximum Gasteiger partial charge on any atom is 0.335 e. The van der Waals surface area contributed by atoms with Crippen molar-refractivity contribution in [3.05, 3.63) is 83.4 Å². The second kappa shape index (κ2) is 8.29. The molecule has 2 amide bonds. The van der Waals surface area contributed by atoms with E-state index in [-0.39, 0.29) is 29.8 Å². The molecular formula is C23H17NO7. The molecule has 3 aromatic rings. The number of imide groups is 1. The highest BCUT2D eigenvalue weighted by molar-refractivity contribution is 6.21. The molecular weight excluding hydrogens is 402 g/mol. The molecule has 0 unspecified atom stereocenters. The summed E-state index contributed by atoms with van der Waals surface area (Å²) in [6, 6.07) is 17.4. The zero-order valence-corrected chi connectivity index (χ0v) is 16.1. The number of fused-ring (bicyclic) bond motifs is 1. The number of carboxylic acids is 1. The van der Waals surface area contributed by atoms with E-state index in [2.05, 4.69) is 0 Å². The largest absolute Gasteiger partial charge is 0.478 e. The molecule has 0 spiro atoms. The molecule has 8 heteroatoms. The molecule has 0 saturated carbocycles. The fourth-order valence-corrected chi connectivity index (χ4v) is 3.18. The van der Waals surface area contributed by atoms with E-state index in [1.54, 1.807) is 42.5 Å². The van der Waals surface area contributed by atoms with Crippen LogP contribution < -0.4 is 9.47 Å². The second-order valence-corrected chi connectivity index (χ2v) is 6.70. The summed E-state index contributed by atoms with van der Waals surface area (Å²) >= 11 is 0. The number of aliphatic hydroxyl groups excluding tert-OH is 1. The lowest BCUT2D eigenvalue weighted by Crippen LogP contribution is -2.32. The lowest BCUT2D eigenvalue weighted by atomic mass is 10.1. The lowest BCUT2D eigenvalue weighted by molar-refractivity contribution is 0.0622. The van der Waals surface area contributed by atoms with Crippen molar-refractivity contribution in [2.24, 2.45) is 0 Å². The van der Waals surface area contributed by atoms with Crippen LogP contribution in [0.4, 0.5) is 0 Å². The van der Waals surface area contributed by atoms with Gasteiger partial charge in [0.25, 0.3) is 11.8 Å². The maximum absolute atomic E-state index is 12.4. The van der Waals surface area contributed by atoms with Crippen molar-refractivity contribution in [3.8, 4) is 23.0 Å². The van der Waals surface area contributed by atoms with Crippen LogP contribution in [0.1, 0.15) is 31.1 Å². The number of amides is 2. The van der Waals surface area contributed by atoms with E-state index < -0.39 is 17.8 Å². The highest BCUT2D eigenvalue weighted by Crippen LogP contribution is 2.31. The SMILES string of the molecule is O=C(O)c1cccc(Oc2ccc(Oc3ccc4c(c3)C(=O)N(CCO)C4=O)cc2)c1. The van der Waals surface area contributed by atoms with Crippen LogP contribution in [-0.2, 0) is 0 Å². The van der Waals surface area contributed by atoms with Crippen LogP contribution >= 0.6 is 0 Å². The van der Waals surface area contributed by atoms with Crippen molar-refractivity contribution in [3.63, 3.8) is 0 Å². The van der Waals surface area contributed by atoms with Crippen LogP contribution in [0.5, 0.6) is 23.0 Å². The number of carboxylic acid groups (broad SMARTS) is 1. The first-order valence-corrected chi connectivity index (χ1v) is 9.36. The highest BCUT2D eigenvalue weighted by Gasteiger charge is 2.35. The first-order valence-electron chi connectivity index (χ1n) is 9.36. The molecule has 0 atom stereocenters. The smallest absolute Gasteiger partial charge is 0.335 e. The van der Waals surface area contributed by atoms with Gasteiger partial charge in [-0.1, -0.05) is 6.07 Å². The summed E-state index contributed by atoms with van der Waals surface area (Å²) < 4.78 is 11.4. The van der Waals surface area contributed by atoms with Gasteiger partial charge in [0.1, 0.15) is 23.0 Å². The Morgan fingerprint density at radius 2 is 1.35 bits per heavy atom. The first-order chi connectivity index (χ1) is 15.0. The molecule has 0 aromatic heterocycles. The van der Waals surface area contributed by atoms with Crippen LogP contribution in [0.3, 0.4) is 0 Å². The Morgan fingerprint density at radius 1 is 0.774 bits per heavy atom. The average Bonchev–Trinajstić information content (AvgIpc) is 3.00. The van der Waals surface area contributed by atoms with E-state index in [0.717, 1.165) is 4.90 Å². The first kappa shape index (κ1) is 20.1. The summed E-state index contributed by atoms with van der Waals surface area (Å²) in [6.45, 7) is -0.358. The number of rotatable bonds is 7. The number of β-amino-alcohol motifs (C(OH)–C–C–N with tert-alkyl or cyclic N) is 1. The maximum atomic E-state index is 12.4. The van der Waals surface area contributed by atoms with Gasteiger partial charge in [-0.05, 0) is 60.7 Å². The average molecular weight is 419 g/mol. The second-order valence-electron chi connectivity index (χ2n) is 6.70. The van der Waals surface area contributed by atoms with E-state index in [1.807, 2.05) is 0 Å². The third kappa shape index (κ3) is 4.10. The van der Waals surface area contributed by atoms with Crippen molar-refractivity contribution in [2.75, 3.05) is 13.2 Å². The summed E-state index contributed by atoms with van der Waals surface area (Å²) in [6.07, 6.45) is 0. The van der Waals surface area contributed by atoms with Gasteiger partial charge in [-0.15, -0.1) is 0 Å². The number of aromatic carboxylic acids is 1. The van der Waals surface area contributed by atoms with E-state index in [4.69, 9.17) is 19.7 Å². The van der Waals surface area contributed by atoms with Crippen LogP contribution in [0.25, 0.3) is 0 Å². The highest BCUT2D eigenvalue weighted by atomic mass is 16.5. The van der Waals surface area contributed by atoms with Gasteiger partial charge < -0.3 is 19.7 Å². The number of carbonyl (C=O) groups is 3. The van der Waals surface area contributed by atoms with Gasteiger partial charge in [0.2, 0.25) is 0 Å². The predicted octanol–water partition coefficient (Wildman–Crippen LogP) is 3.56. The Balaban J connectivity index is 1.47. The summed E-state index contributed by atoms with van der Waals surface area (Å²) in [7, 11) is 0. The molecule has 1 aliphatic heterocycles. The third-order valence-electron chi connectivity index (χ3n) is 4.64. The van der Waals surface area contributed by atoms with Crippen molar-refractivity contribution < 1.29 is 34.1 Å². The van der Waals surface area contributed by atoms with Crippen LogP contribution in [0.15, 0.2) is 66.7 Å². The fraction of sp³-hybridized carbons (Fsp3) is 0.0870. The van der Waals surface area contributed by atoms with Gasteiger partial charge in [-0.25, -0.2) is 4.79 Å². The molecule has 31 heavy (non-hydrogen) atoms. The van der Waals surface area contributed by atoms with Gasteiger partial charge in [0, 0.05) is 0 Å². The number of carbonyl (C=O) groups excluding carboxylic acids is 2. The Morgan fingerprint density at radius 3 is 1.97 bits per heavy atom. The summed E-state index contributed by atoms with van der Waals surface area (Å²) in [4.78, 5) is 36.6. The molecule has 0 saturated heterocycles. The van der Waals surface area contributed by atoms with Gasteiger partial charge >= 0.3 is 5.97 Å². The number of nitrogens with zero attached hydrogens (tertiary/aromatic N) is 1. The molecule has 3 aromatic carbocycles. The summed E-state index contributed by atoms with van der Waals surface area (Å²) in [5, 5.41) is 18.1. The number of benzene rings is 3. The van der Waals surface area contributed by atoms with Crippen LogP contribution in [0, 0.1) is 0 Å². The molecule has 4 rings (SSSR count). The third-order valence-corrected chi connectivity index (χ3v) is 4.64. The summed E-state index contributed by atoms with van der Waals surface area (Å²) in [5.74, 6) is -0.194. The Bertz CT molecular complexity index is 1170. The molecule has 0 radical (unpaired) electrons. The number of ether oxygens (including phenoxy) is 2. The number of hydrogen-bond acceptors (Lipinski definition) is 6. The minimum absolute atomic E-state index is 0.0562. The van der Waals surface area contributed by atoms with Gasteiger partial charge in [-0.3, -0.25) is 14.5 Å². The standard InChI is InChI=1S/C23H17NO7/c25-11-10-24-21(26)19-9-8-18(13-20(19)22(24)27)31-16-6-4-15(5-7-16)30-17-3-1-2-14(12-17)23(28)29/h1-9,12-13,25H,10-11H2,(H,28,29). The van der Waals surface area contributed by atoms with E-state index in [1.165, 1.54) is 24.3 Å². The summed E-state index contributed by atoms with van der Waals surface area (Å²) in [5.41, 5.74) is 0.631. The Labute approximate surface area is 176 Å². The van der Waals surface area contributed by atoms with Crippen molar-refractivity contribution in [2.45, 2.75) is 0 Å². The monoisotopic (exact) mass is 419 g/mol. The van der Waals surface area contributed by atoms with Crippen LogP contribution in [-0.4, -0.2) is 46.0 Å². The van der Waals surface area contributed by atoms with Crippen molar-refractivity contribution in [1.82, 2.24) is 4.90 Å². The van der Waals surface area contributed by atoms with E-state index >= 15 is 0 Å². The van der Waals surface area contributed by atoms with Crippen molar-refractivity contribution >= 4 is 17.8 Å². The topological polar surface area (TPSA) is 113 Å². The Kier molecular flexibility index (Phi) is 5.38. The number of hydrogen-bond donors (Lipinski definition) is 2. The van der Waals surface area contributed by atoms with Gasteiger partial charge in [-0.2, -0.15) is 0 Å². The van der Waals surface area contributed by atoms with E-state index in [9.17, 15) is 14.4 Å². The normalized spacial score (nSPS) is 12.6. The minimum Gasteiger partial charge on any atom is -0.478 e. The van der Waals surface area contributed by atoms with Gasteiger partial charge in [0.05, 0.1) is 29.8 Å². The van der Waals surface area contributed by atoms with Crippen LogP contribution in [0.2, 0.25) is 0 Å². The molecule has 156 valence electrons. The zero-order valence-electron chi connectivity index (χ0n) is 16.1. The Hall–Kier alpha value is -4.17. The fourth-order valence-electron chi connectivity index (χ4n) is 3.18. The lowest BCUT2D eigenvalue weighted by Gasteiger charge is -2.10. The molecule has 1 aliphatic rings. The quantitative estimate of drug-likeness (QED) is 0.563. The molecule has 8 nitrogen and oxygen atoms in total.